The number of hydrogen-bond donors (Lipinski definition) is 1. The van der Waals surface area contributed by atoms with Gasteiger partial charge < -0.3 is 19.3 Å². The largest absolute Gasteiger partial charge is 0.449 e. The molecule has 0 spiro atoms. The van der Waals surface area contributed by atoms with E-state index in [0.717, 1.165) is 0 Å². The molecule has 0 bridgehead atoms. The predicted octanol–water partition coefficient (Wildman–Crippen LogP) is 1.31. The SMILES string of the molecule is CC1OC2OC3(O)C[C@@H]4C1[C@@]2(OC(=O)c1ccccc1)[C@@H]43. The monoisotopic (exact) mass is 288 g/mol. The van der Waals surface area contributed by atoms with Crippen LogP contribution >= 0.6 is 0 Å². The average Bonchev–Trinajstić information content (AvgIpc) is 2.65. The Labute approximate surface area is 121 Å². The van der Waals surface area contributed by atoms with Crippen LogP contribution in [-0.4, -0.2) is 34.9 Å². The van der Waals surface area contributed by atoms with Crippen molar-refractivity contribution >= 4 is 5.97 Å². The summed E-state index contributed by atoms with van der Waals surface area (Å²) in [6.07, 6.45) is -0.0273. The van der Waals surface area contributed by atoms with Gasteiger partial charge in [0.15, 0.2) is 11.4 Å². The smallest absolute Gasteiger partial charge is 0.338 e. The van der Waals surface area contributed by atoms with Crippen molar-refractivity contribution in [3.8, 4) is 0 Å². The molecule has 21 heavy (non-hydrogen) atoms. The van der Waals surface area contributed by atoms with Gasteiger partial charge in [-0.15, -0.1) is 0 Å². The fourth-order valence-corrected chi connectivity index (χ4v) is 5.01. The molecule has 2 saturated heterocycles. The van der Waals surface area contributed by atoms with Crippen LogP contribution in [0.3, 0.4) is 0 Å². The molecule has 0 amide bonds. The maximum absolute atomic E-state index is 12.4. The van der Waals surface area contributed by atoms with Crippen LogP contribution in [0, 0.1) is 17.8 Å². The van der Waals surface area contributed by atoms with Crippen molar-refractivity contribution in [3.63, 3.8) is 0 Å². The summed E-state index contributed by atoms with van der Waals surface area (Å²) in [6, 6.07) is 8.91. The minimum atomic E-state index is -1.16. The summed E-state index contributed by atoms with van der Waals surface area (Å²) in [5.74, 6) is -1.22. The number of esters is 1. The fourth-order valence-electron chi connectivity index (χ4n) is 5.01. The molecule has 1 N–H and O–H groups in total. The van der Waals surface area contributed by atoms with Crippen LogP contribution in [0.15, 0.2) is 30.3 Å². The van der Waals surface area contributed by atoms with Gasteiger partial charge in [-0.25, -0.2) is 4.79 Å². The van der Waals surface area contributed by atoms with E-state index in [1.807, 2.05) is 13.0 Å². The van der Waals surface area contributed by atoms with Crippen LogP contribution in [0.5, 0.6) is 0 Å². The van der Waals surface area contributed by atoms with Crippen LogP contribution in [0.1, 0.15) is 23.7 Å². The first kappa shape index (κ1) is 12.1. The van der Waals surface area contributed by atoms with Gasteiger partial charge in [-0.3, -0.25) is 0 Å². The second-order valence-corrected chi connectivity index (χ2v) is 6.62. The summed E-state index contributed by atoms with van der Waals surface area (Å²) in [4.78, 5) is 12.4. The van der Waals surface area contributed by atoms with Crippen molar-refractivity contribution in [2.75, 3.05) is 0 Å². The van der Waals surface area contributed by atoms with Gasteiger partial charge in [0.2, 0.25) is 6.29 Å². The molecular formula is C16H16O5. The van der Waals surface area contributed by atoms with Crippen molar-refractivity contribution < 1.29 is 24.1 Å². The third-order valence-corrected chi connectivity index (χ3v) is 5.71. The Morgan fingerprint density at radius 3 is 2.90 bits per heavy atom. The molecule has 4 unspecified atom stereocenters. The number of rotatable bonds is 2. The van der Waals surface area contributed by atoms with Gasteiger partial charge in [0.1, 0.15) is 0 Å². The first-order chi connectivity index (χ1) is 10.1. The highest BCUT2D eigenvalue weighted by atomic mass is 16.8. The Bertz CT molecular complexity index is 623. The third-order valence-electron chi connectivity index (χ3n) is 5.71. The molecule has 5 rings (SSSR count). The van der Waals surface area contributed by atoms with Gasteiger partial charge in [-0.05, 0) is 25.0 Å². The predicted molar refractivity (Wildman–Crippen MR) is 70.0 cm³/mol. The maximum atomic E-state index is 12.4. The Morgan fingerprint density at radius 2 is 2.14 bits per heavy atom. The topological polar surface area (TPSA) is 65.0 Å². The summed E-state index contributed by atoms with van der Waals surface area (Å²) in [5, 5.41) is 10.4. The Balaban J connectivity index is 1.50. The van der Waals surface area contributed by atoms with Crippen LogP contribution in [0.25, 0.3) is 0 Å². The lowest BCUT2D eigenvalue weighted by atomic mass is 9.42. The highest BCUT2D eigenvalue weighted by molar-refractivity contribution is 5.89. The van der Waals surface area contributed by atoms with Crippen LogP contribution in [-0.2, 0) is 14.2 Å². The Hall–Kier alpha value is -1.43. The molecule has 110 valence electrons. The molecule has 2 heterocycles. The lowest BCUT2D eigenvalue weighted by Gasteiger charge is -2.64. The Morgan fingerprint density at radius 1 is 1.38 bits per heavy atom. The summed E-state index contributed by atoms with van der Waals surface area (Å²) in [6.45, 7) is 1.98. The lowest BCUT2D eigenvalue weighted by molar-refractivity contribution is -0.353. The zero-order valence-corrected chi connectivity index (χ0v) is 11.6. The van der Waals surface area contributed by atoms with Crippen LogP contribution in [0.2, 0.25) is 0 Å². The van der Waals surface area contributed by atoms with Gasteiger partial charge in [-0.2, -0.15) is 0 Å². The van der Waals surface area contributed by atoms with Crippen molar-refractivity contribution in [1.82, 2.24) is 0 Å². The molecule has 7 atom stereocenters. The van der Waals surface area contributed by atoms with E-state index in [1.54, 1.807) is 24.3 Å². The number of benzene rings is 1. The summed E-state index contributed by atoms with van der Waals surface area (Å²) in [7, 11) is 0. The number of aliphatic hydroxyl groups is 1. The highest BCUT2D eigenvalue weighted by Gasteiger charge is 2.90. The number of carbonyl (C=O) groups is 1. The van der Waals surface area contributed by atoms with E-state index in [4.69, 9.17) is 14.2 Å². The van der Waals surface area contributed by atoms with Gasteiger partial charge >= 0.3 is 5.97 Å². The standard InChI is InChI=1S/C16H16O5/c1-8-11-10-7-15(18)12(10)16(11,14(19-8)21-15)20-13(17)9-5-3-2-4-6-9/h2-6,8,10-12,14,18H,7H2,1H3/t8?,10-,11?,12+,14?,15?,16-/m1/s1. The van der Waals surface area contributed by atoms with E-state index in [9.17, 15) is 9.90 Å². The van der Waals surface area contributed by atoms with Crippen molar-refractivity contribution in [1.29, 1.82) is 0 Å². The molecule has 0 radical (unpaired) electrons. The molecule has 5 heteroatoms. The quantitative estimate of drug-likeness (QED) is 0.831. The Kier molecular flexibility index (Phi) is 2.01. The first-order valence-electron chi connectivity index (χ1n) is 7.40. The normalized spacial score (nSPS) is 51.8. The molecule has 2 saturated carbocycles. The van der Waals surface area contributed by atoms with Gasteiger partial charge in [0, 0.05) is 12.3 Å². The zero-order chi connectivity index (χ0) is 14.4. The molecule has 2 aliphatic carbocycles. The van der Waals surface area contributed by atoms with Crippen molar-refractivity contribution in [3.05, 3.63) is 35.9 Å². The zero-order valence-electron chi connectivity index (χ0n) is 11.6. The molecule has 4 aliphatic rings. The minimum Gasteiger partial charge on any atom is -0.449 e. The minimum absolute atomic E-state index is 0.00956. The third kappa shape index (κ3) is 1.19. The molecular weight excluding hydrogens is 272 g/mol. The van der Waals surface area contributed by atoms with E-state index >= 15 is 0 Å². The van der Waals surface area contributed by atoms with E-state index in [2.05, 4.69) is 0 Å². The van der Waals surface area contributed by atoms with Crippen molar-refractivity contribution in [2.24, 2.45) is 17.8 Å². The first-order valence-corrected chi connectivity index (χ1v) is 7.40. The average molecular weight is 288 g/mol. The number of hydrogen-bond acceptors (Lipinski definition) is 5. The van der Waals surface area contributed by atoms with Crippen LogP contribution in [0.4, 0.5) is 0 Å². The van der Waals surface area contributed by atoms with Gasteiger partial charge in [-0.1, -0.05) is 18.2 Å². The number of carbonyl (C=O) groups excluding carboxylic acids is 1. The second kappa shape index (κ2) is 3.48. The maximum Gasteiger partial charge on any atom is 0.338 e. The van der Waals surface area contributed by atoms with Gasteiger partial charge in [0.05, 0.1) is 17.6 Å². The lowest BCUT2D eigenvalue weighted by Crippen LogP contribution is -2.75. The van der Waals surface area contributed by atoms with E-state index in [1.165, 1.54) is 0 Å². The fraction of sp³-hybridized carbons (Fsp3) is 0.562. The van der Waals surface area contributed by atoms with E-state index < -0.39 is 17.7 Å². The summed E-state index contributed by atoms with van der Waals surface area (Å²) < 4.78 is 17.3. The van der Waals surface area contributed by atoms with E-state index in [-0.39, 0.29) is 23.9 Å². The second-order valence-electron chi connectivity index (χ2n) is 6.62. The summed E-state index contributed by atoms with van der Waals surface area (Å²) >= 11 is 0. The molecule has 0 aromatic heterocycles. The number of ether oxygens (including phenoxy) is 3. The number of fused-ring (bicyclic) bond motifs is 1. The molecule has 1 aromatic carbocycles. The van der Waals surface area contributed by atoms with Gasteiger partial charge in [0.25, 0.3) is 0 Å². The van der Waals surface area contributed by atoms with Crippen molar-refractivity contribution in [2.45, 2.75) is 37.1 Å². The highest BCUT2D eigenvalue weighted by Crippen LogP contribution is 2.76. The van der Waals surface area contributed by atoms with E-state index in [0.29, 0.717) is 17.9 Å². The molecule has 1 aromatic rings. The summed E-state index contributed by atoms with van der Waals surface area (Å²) in [5.41, 5.74) is -0.290. The molecule has 5 nitrogen and oxygen atoms in total. The molecule has 2 aliphatic heterocycles. The molecule has 4 fully saturated rings. The van der Waals surface area contributed by atoms with Crippen LogP contribution < -0.4 is 0 Å².